The fourth-order valence-electron chi connectivity index (χ4n) is 0.540. The molecule has 8 heteroatoms. The van der Waals surface area contributed by atoms with Crippen molar-refractivity contribution in [1.29, 1.82) is 5.26 Å². The summed E-state index contributed by atoms with van der Waals surface area (Å²) in [6.45, 7) is 1.17. The van der Waals surface area contributed by atoms with Crippen molar-refractivity contribution in [3.05, 3.63) is 11.3 Å². The Hall–Kier alpha value is -0.710. The molecule has 0 aromatic carbocycles. The van der Waals surface area contributed by atoms with E-state index in [0.29, 0.717) is 0 Å². The van der Waals surface area contributed by atoms with E-state index in [9.17, 15) is 18.0 Å². The molecule has 1 N–H and O–H groups in total. The Morgan fingerprint density at radius 2 is 2.07 bits per heavy atom. The molecule has 0 heterocycles. The van der Waals surface area contributed by atoms with Gasteiger partial charge in [-0.05, 0) is 6.92 Å². The molecule has 0 aromatic heterocycles. The average molecular weight is 233 g/mol. The Labute approximate surface area is 107 Å². The van der Waals surface area contributed by atoms with Crippen LogP contribution in [0.2, 0.25) is 0 Å². The molecule has 0 amide bonds. The van der Waals surface area contributed by atoms with Crippen molar-refractivity contribution in [3.8, 4) is 6.07 Å². The summed E-state index contributed by atoms with van der Waals surface area (Å²) >= 11 is 0. The molecule has 0 saturated heterocycles. The number of allylic oxidation sites excluding steroid dienone is 1. The summed E-state index contributed by atoms with van der Waals surface area (Å²) in [6.07, 6.45) is -5.13. The summed E-state index contributed by atoms with van der Waals surface area (Å²) in [5, 5.41) is 16.7. The Bertz CT molecular complexity index is 311. The summed E-state index contributed by atoms with van der Waals surface area (Å²) in [6, 6.07) is 0.928. The van der Waals surface area contributed by atoms with E-state index in [4.69, 9.17) is 10.4 Å². The number of nitrogens with zero attached hydrogens (tertiary/aromatic N) is 1. The molecular formula is C7H7F3NNaO3. The second-order valence-corrected chi connectivity index (χ2v) is 2.05. The van der Waals surface area contributed by atoms with Crippen molar-refractivity contribution in [3.63, 3.8) is 0 Å². The van der Waals surface area contributed by atoms with E-state index in [0.717, 1.165) is 6.07 Å². The van der Waals surface area contributed by atoms with Crippen molar-refractivity contribution < 1.29 is 58.8 Å². The van der Waals surface area contributed by atoms with Crippen LogP contribution in [0, 0.1) is 11.3 Å². The first-order chi connectivity index (χ1) is 6.34. The second-order valence-electron chi connectivity index (χ2n) is 2.05. The molecule has 0 fully saturated rings. The predicted molar refractivity (Wildman–Crippen MR) is 39.1 cm³/mol. The number of rotatable bonds is 2. The summed E-state index contributed by atoms with van der Waals surface area (Å²) in [7, 11) is 0. The van der Waals surface area contributed by atoms with Gasteiger partial charge in [-0.15, -0.1) is 0 Å². The first-order valence-corrected chi connectivity index (χ1v) is 3.42. The third-order valence-electron chi connectivity index (χ3n) is 1.10. The number of halogens is 3. The van der Waals surface area contributed by atoms with Gasteiger partial charge in [0, 0.05) is 0 Å². The van der Waals surface area contributed by atoms with Crippen LogP contribution in [0.25, 0.3) is 0 Å². The summed E-state index contributed by atoms with van der Waals surface area (Å²) in [5.41, 5.74) is -1.45. The largest absolute Gasteiger partial charge is 1.00 e. The molecule has 0 unspecified atom stereocenters. The van der Waals surface area contributed by atoms with Gasteiger partial charge < -0.3 is 11.3 Å². The van der Waals surface area contributed by atoms with E-state index in [1.807, 2.05) is 0 Å². The second kappa shape index (κ2) is 6.71. The molecule has 0 spiro atoms. The predicted octanol–water partition coefficient (Wildman–Crippen LogP) is -1.44. The van der Waals surface area contributed by atoms with Crippen molar-refractivity contribution in [2.24, 2.45) is 0 Å². The van der Waals surface area contributed by atoms with Gasteiger partial charge >= 0.3 is 41.7 Å². The third-order valence-corrected chi connectivity index (χ3v) is 1.10. The van der Waals surface area contributed by atoms with E-state index in [-0.39, 0.29) is 37.6 Å². The Balaban J connectivity index is -0.000000845. The van der Waals surface area contributed by atoms with Gasteiger partial charge in [0.25, 0.3) is 0 Å². The first kappa shape index (κ1) is 16.7. The van der Waals surface area contributed by atoms with Crippen molar-refractivity contribution in [2.75, 3.05) is 6.61 Å². The van der Waals surface area contributed by atoms with E-state index in [1.165, 1.54) is 6.92 Å². The average Bonchev–Trinajstić information content (AvgIpc) is 2.04. The summed E-state index contributed by atoms with van der Waals surface area (Å²) < 4.78 is 39.6. The third kappa shape index (κ3) is 5.06. The quantitative estimate of drug-likeness (QED) is 0.208. The van der Waals surface area contributed by atoms with Gasteiger partial charge in [0.2, 0.25) is 5.76 Å². The van der Waals surface area contributed by atoms with Gasteiger partial charge in [0.15, 0.2) is 5.57 Å². The van der Waals surface area contributed by atoms with Crippen LogP contribution >= 0.6 is 0 Å². The van der Waals surface area contributed by atoms with E-state index < -0.39 is 23.5 Å². The Kier molecular flexibility index (Phi) is 7.48. The first-order valence-electron chi connectivity index (χ1n) is 3.42. The molecule has 4 nitrogen and oxygen atoms in total. The number of aliphatic hydroxyl groups excluding tert-OH is 1. The van der Waals surface area contributed by atoms with Crippen molar-refractivity contribution in [2.45, 2.75) is 13.1 Å². The number of hydrogen-bond donors (Lipinski definition) is 1. The van der Waals surface area contributed by atoms with Crippen LogP contribution in [-0.2, 0) is 9.53 Å². The number of alkyl halides is 3. The number of nitriles is 1. The van der Waals surface area contributed by atoms with E-state index in [2.05, 4.69) is 4.74 Å². The van der Waals surface area contributed by atoms with Gasteiger partial charge in [-0.3, -0.25) is 0 Å². The molecular weight excluding hydrogens is 226 g/mol. The van der Waals surface area contributed by atoms with Gasteiger partial charge in [-0.25, -0.2) is 4.79 Å². The minimum atomic E-state index is -5.13. The number of esters is 1. The van der Waals surface area contributed by atoms with Crippen molar-refractivity contribution >= 4 is 5.97 Å². The van der Waals surface area contributed by atoms with Gasteiger partial charge in [-0.2, -0.15) is 18.4 Å². The van der Waals surface area contributed by atoms with E-state index in [1.54, 1.807) is 0 Å². The maximum absolute atomic E-state index is 11.8. The molecule has 0 aliphatic heterocycles. The molecule has 80 valence electrons. The number of carbonyl (C=O) groups excluding carboxylic acids is 1. The molecule has 0 atom stereocenters. The number of carbonyl (C=O) groups is 1. The van der Waals surface area contributed by atoms with Gasteiger partial charge in [-0.1, -0.05) is 0 Å². The van der Waals surface area contributed by atoms with Gasteiger partial charge in [0.05, 0.1) is 6.61 Å². The zero-order valence-corrected chi connectivity index (χ0v) is 10.1. The molecule has 15 heavy (non-hydrogen) atoms. The minimum absolute atomic E-state index is 0. The standard InChI is InChI=1S/C7H6F3NO3.Na.H/c1-2-14-6(13)4(3-11)5(12)7(8,9)10;;/h12H,2H2,1H3;;/q;+1;-1. The summed E-state index contributed by atoms with van der Waals surface area (Å²) in [5.74, 6) is -3.73. The fraction of sp³-hybridized carbons (Fsp3) is 0.429. The SMILES string of the molecule is CCOC(=O)C(C#N)=C(O)C(F)(F)F.[H-].[Na+]. The topological polar surface area (TPSA) is 70.3 Å². The zero-order chi connectivity index (χ0) is 11.4. The fourth-order valence-corrected chi connectivity index (χ4v) is 0.540. The number of aliphatic hydroxyl groups is 1. The molecule has 0 saturated carbocycles. The minimum Gasteiger partial charge on any atom is -1.00 e. The molecule has 0 aliphatic rings. The van der Waals surface area contributed by atoms with Crippen LogP contribution in [0.1, 0.15) is 8.35 Å². The van der Waals surface area contributed by atoms with Crippen LogP contribution < -0.4 is 29.6 Å². The van der Waals surface area contributed by atoms with Crippen LogP contribution in [0.5, 0.6) is 0 Å². The number of hydrogen-bond acceptors (Lipinski definition) is 4. The van der Waals surface area contributed by atoms with Crippen LogP contribution in [0.3, 0.4) is 0 Å². The van der Waals surface area contributed by atoms with E-state index >= 15 is 0 Å². The monoisotopic (exact) mass is 233 g/mol. The molecule has 0 rings (SSSR count). The maximum Gasteiger partial charge on any atom is 1.00 e. The maximum atomic E-state index is 11.8. The Morgan fingerprint density at radius 3 is 2.33 bits per heavy atom. The van der Waals surface area contributed by atoms with Crippen LogP contribution in [0.15, 0.2) is 11.3 Å². The number of ether oxygens (including phenoxy) is 1. The summed E-state index contributed by atoms with van der Waals surface area (Å²) in [4.78, 5) is 10.7. The smallest absolute Gasteiger partial charge is 1.00 e. The molecule has 0 bridgehead atoms. The van der Waals surface area contributed by atoms with Crippen LogP contribution in [0.4, 0.5) is 13.2 Å². The Morgan fingerprint density at radius 1 is 1.60 bits per heavy atom. The molecule has 0 aromatic rings. The van der Waals surface area contributed by atoms with Gasteiger partial charge in [0.1, 0.15) is 6.07 Å². The van der Waals surface area contributed by atoms with Crippen LogP contribution in [-0.4, -0.2) is 23.9 Å². The normalized spacial score (nSPS) is 11.9. The zero-order valence-electron chi connectivity index (χ0n) is 9.05. The molecule has 0 radical (unpaired) electrons. The van der Waals surface area contributed by atoms with Crippen molar-refractivity contribution in [1.82, 2.24) is 0 Å². The molecule has 0 aliphatic carbocycles.